The van der Waals surface area contributed by atoms with Crippen LogP contribution in [-0.2, 0) is 14.8 Å². The Labute approximate surface area is 134 Å². The van der Waals surface area contributed by atoms with E-state index in [-0.39, 0.29) is 11.4 Å². The molecule has 120 valence electrons. The molecule has 1 aromatic carbocycles. The highest BCUT2D eigenvalue weighted by Crippen LogP contribution is 2.25. The molecule has 8 heteroatoms. The van der Waals surface area contributed by atoms with Crippen molar-refractivity contribution in [2.45, 2.75) is 11.8 Å². The topological polar surface area (TPSA) is 84.7 Å². The van der Waals surface area contributed by atoms with E-state index >= 15 is 0 Å². The number of halogens is 1. The Balaban J connectivity index is 2.59. The fraction of sp³-hybridized carbons (Fsp3) is 0.538. The summed E-state index contributed by atoms with van der Waals surface area (Å²) in [6.07, 6.45) is 0. The van der Waals surface area contributed by atoms with Crippen LogP contribution in [0.2, 0.25) is 0 Å². The molecule has 0 bridgehead atoms. The van der Waals surface area contributed by atoms with Gasteiger partial charge in [-0.05, 0) is 38.7 Å². The Morgan fingerprint density at radius 2 is 2.00 bits per heavy atom. The Hall–Kier alpha value is -0.670. The standard InChI is InChI=1S/C13H22BrN3O3S/c1-10-12(15)8-11(14)9-13(10)21(18,19)16-4-6-20-7-5-17(2)3/h8-9,16H,4-7,15H2,1-3H3. The summed E-state index contributed by atoms with van der Waals surface area (Å²) in [5.41, 5.74) is 6.77. The van der Waals surface area contributed by atoms with Crippen molar-refractivity contribution in [3.8, 4) is 0 Å². The molecule has 0 saturated heterocycles. The molecule has 0 radical (unpaired) electrons. The third-order valence-corrected chi connectivity index (χ3v) is 4.92. The van der Waals surface area contributed by atoms with Gasteiger partial charge < -0.3 is 15.4 Å². The molecule has 1 rings (SSSR count). The van der Waals surface area contributed by atoms with Crippen molar-refractivity contribution in [2.75, 3.05) is 46.1 Å². The number of benzene rings is 1. The molecule has 1 aromatic rings. The quantitative estimate of drug-likeness (QED) is 0.523. The predicted octanol–water partition coefficient (Wildman–Crippen LogP) is 1.20. The number of ether oxygens (including phenoxy) is 1. The highest BCUT2D eigenvalue weighted by molar-refractivity contribution is 9.10. The summed E-state index contributed by atoms with van der Waals surface area (Å²) in [5.74, 6) is 0. The summed E-state index contributed by atoms with van der Waals surface area (Å²) in [7, 11) is 0.312. The van der Waals surface area contributed by atoms with Crippen LogP contribution in [0.3, 0.4) is 0 Å². The number of anilines is 1. The van der Waals surface area contributed by atoms with E-state index in [1.54, 1.807) is 19.1 Å². The van der Waals surface area contributed by atoms with Gasteiger partial charge in [-0.2, -0.15) is 0 Å². The second kappa shape index (κ2) is 8.09. The van der Waals surface area contributed by atoms with E-state index in [9.17, 15) is 8.42 Å². The lowest BCUT2D eigenvalue weighted by atomic mass is 10.2. The van der Waals surface area contributed by atoms with Crippen molar-refractivity contribution in [3.63, 3.8) is 0 Å². The first-order valence-corrected chi connectivity index (χ1v) is 8.79. The molecule has 0 aliphatic carbocycles. The lowest BCUT2D eigenvalue weighted by Crippen LogP contribution is -2.29. The largest absolute Gasteiger partial charge is 0.398 e. The molecular weight excluding hydrogens is 358 g/mol. The van der Waals surface area contributed by atoms with Gasteiger partial charge in [0.05, 0.1) is 18.1 Å². The van der Waals surface area contributed by atoms with Crippen LogP contribution < -0.4 is 10.5 Å². The van der Waals surface area contributed by atoms with Crippen molar-refractivity contribution in [2.24, 2.45) is 0 Å². The van der Waals surface area contributed by atoms with E-state index in [0.29, 0.717) is 28.9 Å². The molecule has 0 heterocycles. The van der Waals surface area contributed by atoms with E-state index in [2.05, 4.69) is 20.7 Å². The Kier molecular flexibility index (Phi) is 7.08. The van der Waals surface area contributed by atoms with Crippen molar-refractivity contribution in [1.82, 2.24) is 9.62 Å². The maximum absolute atomic E-state index is 12.2. The summed E-state index contributed by atoms with van der Waals surface area (Å²) in [6, 6.07) is 3.22. The first-order valence-electron chi connectivity index (χ1n) is 6.52. The molecule has 0 amide bonds. The van der Waals surface area contributed by atoms with Gasteiger partial charge in [-0.15, -0.1) is 0 Å². The molecule has 0 saturated carbocycles. The molecule has 0 fully saturated rings. The fourth-order valence-electron chi connectivity index (χ4n) is 1.63. The molecule has 0 unspecified atom stereocenters. The minimum Gasteiger partial charge on any atom is -0.398 e. The number of rotatable bonds is 8. The number of nitrogens with two attached hydrogens (primary N) is 1. The summed E-state index contributed by atoms with van der Waals surface area (Å²) in [5, 5.41) is 0. The van der Waals surface area contributed by atoms with Gasteiger partial charge in [0.25, 0.3) is 0 Å². The number of nitrogens with one attached hydrogen (secondary N) is 1. The summed E-state index contributed by atoms with van der Waals surface area (Å²) >= 11 is 3.25. The van der Waals surface area contributed by atoms with Crippen LogP contribution in [0.25, 0.3) is 0 Å². The van der Waals surface area contributed by atoms with Crippen LogP contribution >= 0.6 is 15.9 Å². The second-order valence-corrected chi connectivity index (χ2v) is 7.58. The zero-order chi connectivity index (χ0) is 16.0. The van der Waals surface area contributed by atoms with Gasteiger partial charge in [-0.3, -0.25) is 0 Å². The normalized spacial score (nSPS) is 12.0. The van der Waals surface area contributed by atoms with Gasteiger partial charge in [0.1, 0.15) is 0 Å². The van der Waals surface area contributed by atoms with Crippen molar-refractivity contribution >= 4 is 31.6 Å². The van der Waals surface area contributed by atoms with Gasteiger partial charge in [0, 0.05) is 23.2 Å². The average Bonchev–Trinajstić information content (AvgIpc) is 2.37. The highest BCUT2D eigenvalue weighted by Gasteiger charge is 2.18. The minimum absolute atomic E-state index is 0.183. The van der Waals surface area contributed by atoms with Gasteiger partial charge in [-0.25, -0.2) is 13.1 Å². The van der Waals surface area contributed by atoms with Gasteiger partial charge in [0.2, 0.25) is 10.0 Å². The summed E-state index contributed by atoms with van der Waals surface area (Å²) in [4.78, 5) is 2.18. The maximum Gasteiger partial charge on any atom is 0.241 e. The molecule has 3 N–H and O–H groups in total. The van der Waals surface area contributed by atoms with E-state index in [4.69, 9.17) is 10.5 Å². The number of likely N-dealkylation sites (N-methyl/N-ethyl adjacent to an activating group) is 1. The Morgan fingerprint density at radius 3 is 2.62 bits per heavy atom. The van der Waals surface area contributed by atoms with Crippen LogP contribution in [0.15, 0.2) is 21.5 Å². The molecule has 6 nitrogen and oxygen atoms in total. The second-order valence-electron chi connectivity index (χ2n) is 4.93. The Morgan fingerprint density at radius 1 is 1.33 bits per heavy atom. The first kappa shape index (κ1) is 18.4. The molecule has 0 aromatic heterocycles. The van der Waals surface area contributed by atoms with Crippen molar-refractivity contribution in [1.29, 1.82) is 0 Å². The molecule has 0 spiro atoms. The van der Waals surface area contributed by atoms with Crippen molar-refractivity contribution < 1.29 is 13.2 Å². The molecule has 0 aliphatic heterocycles. The number of hydrogen-bond donors (Lipinski definition) is 2. The predicted molar refractivity (Wildman–Crippen MR) is 87.9 cm³/mol. The number of nitrogen functional groups attached to an aromatic ring is 1. The Bertz CT molecular complexity index is 576. The van der Waals surface area contributed by atoms with Gasteiger partial charge in [-0.1, -0.05) is 15.9 Å². The van der Waals surface area contributed by atoms with Gasteiger partial charge >= 0.3 is 0 Å². The lowest BCUT2D eigenvalue weighted by Gasteiger charge is -2.13. The number of hydrogen-bond acceptors (Lipinski definition) is 5. The summed E-state index contributed by atoms with van der Waals surface area (Å²) < 4.78 is 33.0. The smallest absolute Gasteiger partial charge is 0.241 e. The lowest BCUT2D eigenvalue weighted by molar-refractivity contribution is 0.122. The number of nitrogens with zero attached hydrogens (tertiary/aromatic N) is 1. The van der Waals surface area contributed by atoms with Crippen LogP contribution in [0.1, 0.15) is 5.56 Å². The highest BCUT2D eigenvalue weighted by atomic mass is 79.9. The zero-order valence-electron chi connectivity index (χ0n) is 12.5. The van der Waals surface area contributed by atoms with Gasteiger partial charge in [0.15, 0.2) is 0 Å². The van der Waals surface area contributed by atoms with E-state index in [0.717, 1.165) is 6.54 Å². The SMILES string of the molecule is Cc1c(N)cc(Br)cc1S(=O)(=O)NCCOCCN(C)C. The molecule has 0 atom stereocenters. The van der Waals surface area contributed by atoms with E-state index in [1.807, 2.05) is 19.0 Å². The molecule has 21 heavy (non-hydrogen) atoms. The van der Waals surface area contributed by atoms with E-state index < -0.39 is 10.0 Å². The van der Waals surface area contributed by atoms with Crippen LogP contribution in [0, 0.1) is 6.92 Å². The maximum atomic E-state index is 12.2. The van der Waals surface area contributed by atoms with Crippen LogP contribution in [-0.4, -0.2) is 53.7 Å². The average molecular weight is 380 g/mol. The van der Waals surface area contributed by atoms with E-state index in [1.165, 1.54) is 0 Å². The van der Waals surface area contributed by atoms with Crippen LogP contribution in [0.5, 0.6) is 0 Å². The zero-order valence-corrected chi connectivity index (χ0v) is 14.9. The number of sulfonamides is 1. The first-order chi connectivity index (χ1) is 9.74. The fourth-order valence-corrected chi connectivity index (χ4v) is 3.57. The monoisotopic (exact) mass is 379 g/mol. The van der Waals surface area contributed by atoms with Crippen LogP contribution in [0.4, 0.5) is 5.69 Å². The molecule has 0 aliphatic rings. The minimum atomic E-state index is -3.59. The molecular formula is C13H22BrN3O3S. The third-order valence-electron chi connectivity index (χ3n) is 2.88. The summed E-state index contributed by atoms with van der Waals surface area (Å²) in [6.45, 7) is 3.60. The van der Waals surface area contributed by atoms with Crippen molar-refractivity contribution in [3.05, 3.63) is 22.2 Å². The third kappa shape index (κ3) is 5.91.